The lowest BCUT2D eigenvalue weighted by Gasteiger charge is -2.16. The predicted molar refractivity (Wildman–Crippen MR) is 69.1 cm³/mol. The van der Waals surface area contributed by atoms with Crippen LogP contribution >= 0.6 is 6.72 Å². The van der Waals surface area contributed by atoms with E-state index in [-0.39, 0.29) is 0 Å². The van der Waals surface area contributed by atoms with Gasteiger partial charge in [-0.15, -0.1) is 0 Å². The van der Waals surface area contributed by atoms with E-state index in [1.807, 2.05) is 18.2 Å². The number of benzene rings is 1. The molecule has 0 heterocycles. The van der Waals surface area contributed by atoms with Crippen molar-refractivity contribution in [3.8, 4) is 5.75 Å². The van der Waals surface area contributed by atoms with Crippen LogP contribution in [-0.4, -0.2) is 11.5 Å². The van der Waals surface area contributed by atoms with E-state index in [0.29, 0.717) is 12.4 Å². The molecule has 1 aromatic carbocycles. The molecular formula is C11H17O3PS. The van der Waals surface area contributed by atoms with E-state index in [0.717, 1.165) is 19.3 Å². The lowest BCUT2D eigenvalue weighted by atomic mass is 10.3. The zero-order valence-electron chi connectivity index (χ0n) is 9.33. The monoisotopic (exact) mass is 260 g/mol. The van der Waals surface area contributed by atoms with Crippen molar-refractivity contribution in [1.29, 1.82) is 0 Å². The van der Waals surface area contributed by atoms with Gasteiger partial charge in [0.25, 0.3) is 0 Å². The maximum absolute atomic E-state index is 9.75. The van der Waals surface area contributed by atoms with Gasteiger partial charge in [0.15, 0.2) is 0 Å². The number of hydrogen-bond acceptors (Lipinski definition) is 3. The van der Waals surface area contributed by atoms with Gasteiger partial charge in [-0.3, -0.25) is 4.52 Å². The standard InChI is InChI=1S/C11H17O3PS/c1-2-3-7-10-13-15(12,16)14-11-8-5-4-6-9-11/h4-6,8-9H,2-3,7,10H2,1H3,(H,12,16). The van der Waals surface area contributed by atoms with E-state index in [9.17, 15) is 4.89 Å². The fourth-order valence-corrected chi connectivity index (χ4v) is 2.46. The highest BCUT2D eigenvalue weighted by atomic mass is 32.5. The summed E-state index contributed by atoms with van der Waals surface area (Å²) in [6.07, 6.45) is 3.07. The molecule has 0 radical (unpaired) electrons. The van der Waals surface area contributed by atoms with Crippen molar-refractivity contribution in [3.05, 3.63) is 30.3 Å². The van der Waals surface area contributed by atoms with E-state index in [2.05, 4.69) is 6.92 Å². The molecule has 3 nitrogen and oxygen atoms in total. The maximum atomic E-state index is 9.75. The van der Waals surface area contributed by atoms with E-state index >= 15 is 0 Å². The molecule has 1 atom stereocenters. The summed E-state index contributed by atoms with van der Waals surface area (Å²) in [6.45, 7) is -0.562. The van der Waals surface area contributed by atoms with Crippen molar-refractivity contribution in [1.82, 2.24) is 0 Å². The summed E-state index contributed by atoms with van der Waals surface area (Å²) in [6, 6.07) is 9.00. The van der Waals surface area contributed by atoms with Gasteiger partial charge in [0.05, 0.1) is 6.61 Å². The minimum Gasteiger partial charge on any atom is -0.424 e. The lowest BCUT2D eigenvalue weighted by molar-refractivity contribution is 0.251. The molecule has 0 aromatic heterocycles. The molecule has 0 bridgehead atoms. The van der Waals surface area contributed by atoms with Crippen molar-refractivity contribution in [3.63, 3.8) is 0 Å². The summed E-state index contributed by atoms with van der Waals surface area (Å²) in [5.74, 6) is 0.545. The van der Waals surface area contributed by atoms with Crippen LogP contribution in [0.2, 0.25) is 0 Å². The largest absolute Gasteiger partial charge is 0.424 e. The first-order valence-electron chi connectivity index (χ1n) is 5.36. The fraction of sp³-hybridized carbons (Fsp3) is 0.455. The Morgan fingerprint density at radius 1 is 1.25 bits per heavy atom. The Hall–Kier alpha value is -0.410. The zero-order valence-corrected chi connectivity index (χ0v) is 11.0. The molecule has 1 unspecified atom stereocenters. The summed E-state index contributed by atoms with van der Waals surface area (Å²) >= 11 is 4.90. The van der Waals surface area contributed by atoms with Crippen LogP contribution in [0.15, 0.2) is 30.3 Å². The summed E-state index contributed by atoms with van der Waals surface area (Å²) in [4.78, 5) is 9.75. The predicted octanol–water partition coefficient (Wildman–Crippen LogP) is 3.49. The third kappa shape index (κ3) is 5.61. The van der Waals surface area contributed by atoms with Gasteiger partial charge in [-0.05, 0) is 18.6 Å². The van der Waals surface area contributed by atoms with Crippen LogP contribution in [0.25, 0.3) is 0 Å². The summed E-state index contributed by atoms with van der Waals surface area (Å²) < 4.78 is 10.4. The third-order valence-electron chi connectivity index (χ3n) is 1.97. The highest BCUT2D eigenvalue weighted by Gasteiger charge is 2.15. The normalized spacial score (nSPS) is 14.4. The molecule has 0 aliphatic carbocycles. The summed E-state index contributed by atoms with van der Waals surface area (Å²) in [5, 5.41) is 0. The zero-order chi connectivity index (χ0) is 11.9. The molecule has 0 spiro atoms. The van der Waals surface area contributed by atoms with Crippen molar-refractivity contribution in [2.75, 3.05) is 6.61 Å². The Bertz CT molecular complexity index is 342. The molecule has 0 aliphatic heterocycles. The minimum absolute atomic E-state index is 0.453. The van der Waals surface area contributed by atoms with Crippen LogP contribution in [0.5, 0.6) is 5.75 Å². The van der Waals surface area contributed by atoms with Crippen LogP contribution in [0.1, 0.15) is 26.2 Å². The quantitative estimate of drug-likeness (QED) is 0.601. The van der Waals surface area contributed by atoms with Crippen molar-refractivity contribution >= 4 is 18.5 Å². The van der Waals surface area contributed by atoms with E-state index in [1.54, 1.807) is 12.1 Å². The van der Waals surface area contributed by atoms with Gasteiger partial charge >= 0.3 is 6.72 Å². The summed E-state index contributed by atoms with van der Waals surface area (Å²) in [5.41, 5.74) is 0. The van der Waals surface area contributed by atoms with Crippen molar-refractivity contribution in [2.24, 2.45) is 0 Å². The maximum Gasteiger partial charge on any atom is 0.377 e. The Morgan fingerprint density at radius 2 is 1.94 bits per heavy atom. The number of unbranched alkanes of at least 4 members (excludes halogenated alkanes) is 2. The fourth-order valence-electron chi connectivity index (χ4n) is 1.17. The van der Waals surface area contributed by atoms with E-state index < -0.39 is 6.72 Å². The van der Waals surface area contributed by atoms with Crippen LogP contribution in [0, 0.1) is 0 Å². The first-order valence-corrected chi connectivity index (χ1v) is 7.95. The molecule has 16 heavy (non-hydrogen) atoms. The highest BCUT2D eigenvalue weighted by molar-refractivity contribution is 8.07. The molecular weight excluding hydrogens is 243 g/mol. The van der Waals surface area contributed by atoms with Crippen molar-refractivity contribution in [2.45, 2.75) is 26.2 Å². The van der Waals surface area contributed by atoms with Crippen LogP contribution in [0.3, 0.4) is 0 Å². The molecule has 0 saturated carbocycles. The second kappa shape index (κ2) is 7.02. The second-order valence-electron chi connectivity index (χ2n) is 3.41. The van der Waals surface area contributed by atoms with Gasteiger partial charge < -0.3 is 9.42 Å². The second-order valence-corrected chi connectivity index (χ2v) is 6.18. The van der Waals surface area contributed by atoms with Gasteiger partial charge in [0, 0.05) is 11.8 Å². The Kier molecular flexibility index (Phi) is 5.99. The number of hydrogen-bond donors (Lipinski definition) is 1. The molecule has 0 amide bonds. The average Bonchev–Trinajstić information content (AvgIpc) is 2.25. The van der Waals surface area contributed by atoms with Crippen LogP contribution in [-0.2, 0) is 16.3 Å². The number of para-hydroxylation sites is 1. The van der Waals surface area contributed by atoms with Gasteiger partial charge in [0.1, 0.15) is 5.75 Å². The minimum atomic E-state index is -3.12. The Balaban J connectivity index is 2.37. The van der Waals surface area contributed by atoms with Crippen molar-refractivity contribution < 1.29 is 13.9 Å². The molecule has 0 aliphatic rings. The molecule has 1 aromatic rings. The summed E-state index contributed by atoms with van der Waals surface area (Å²) in [7, 11) is 0. The smallest absolute Gasteiger partial charge is 0.377 e. The lowest BCUT2D eigenvalue weighted by Crippen LogP contribution is -1.98. The first-order chi connectivity index (χ1) is 7.64. The number of rotatable bonds is 7. The highest BCUT2D eigenvalue weighted by Crippen LogP contribution is 2.44. The topological polar surface area (TPSA) is 38.7 Å². The van der Waals surface area contributed by atoms with Gasteiger partial charge in [-0.2, -0.15) is 0 Å². The molecule has 0 fully saturated rings. The molecule has 1 rings (SSSR count). The molecule has 90 valence electrons. The third-order valence-corrected chi connectivity index (χ3v) is 3.46. The Labute approximate surface area is 102 Å². The van der Waals surface area contributed by atoms with Crippen LogP contribution in [0.4, 0.5) is 0 Å². The average molecular weight is 260 g/mol. The SMILES string of the molecule is CCCCCOP(O)(=S)Oc1ccccc1. The van der Waals surface area contributed by atoms with Crippen LogP contribution < -0.4 is 4.52 Å². The molecule has 5 heteroatoms. The van der Waals surface area contributed by atoms with E-state index in [1.165, 1.54) is 0 Å². The molecule has 1 N–H and O–H groups in total. The van der Waals surface area contributed by atoms with Gasteiger partial charge in [-0.25, -0.2) is 0 Å². The Morgan fingerprint density at radius 3 is 2.56 bits per heavy atom. The molecule has 0 saturated heterocycles. The van der Waals surface area contributed by atoms with Gasteiger partial charge in [0.2, 0.25) is 0 Å². The van der Waals surface area contributed by atoms with E-state index in [4.69, 9.17) is 20.9 Å². The van der Waals surface area contributed by atoms with Gasteiger partial charge in [-0.1, -0.05) is 38.0 Å². The first kappa shape index (κ1) is 13.7.